The van der Waals surface area contributed by atoms with Gasteiger partial charge in [-0.15, -0.1) is 0 Å². The van der Waals surface area contributed by atoms with Crippen LogP contribution in [-0.4, -0.2) is 21.2 Å². The first-order valence-electron chi connectivity index (χ1n) is 6.57. The zero-order chi connectivity index (χ0) is 13.5. The van der Waals surface area contributed by atoms with Crippen molar-refractivity contribution >= 4 is 11.5 Å². The molecule has 0 fully saturated rings. The first-order valence-corrected chi connectivity index (χ1v) is 6.57. The van der Waals surface area contributed by atoms with Crippen LogP contribution in [0.25, 0.3) is 0 Å². The Bertz CT molecular complexity index is 401. The molecule has 0 saturated carbocycles. The van der Waals surface area contributed by atoms with Crippen molar-refractivity contribution in [3.05, 3.63) is 15.8 Å². The van der Waals surface area contributed by atoms with Gasteiger partial charge in [-0.05, 0) is 19.8 Å². The number of hydrogen-bond donors (Lipinski definition) is 1. The molecule has 18 heavy (non-hydrogen) atoms. The van der Waals surface area contributed by atoms with Crippen LogP contribution in [0.4, 0.5) is 11.5 Å². The van der Waals surface area contributed by atoms with Gasteiger partial charge in [-0.1, -0.05) is 26.7 Å². The Kier molecular flexibility index (Phi) is 5.61. The van der Waals surface area contributed by atoms with E-state index >= 15 is 0 Å². The van der Waals surface area contributed by atoms with E-state index in [2.05, 4.69) is 17.3 Å². The average Bonchev–Trinajstić information content (AvgIpc) is 2.62. The molecule has 0 spiro atoms. The molecule has 6 nitrogen and oxygen atoms in total. The molecule has 0 radical (unpaired) electrons. The molecular weight excluding hydrogens is 232 g/mol. The minimum Gasteiger partial charge on any atom is -0.365 e. The fraction of sp³-hybridized carbons (Fsp3) is 0.750. The van der Waals surface area contributed by atoms with E-state index in [-0.39, 0.29) is 10.6 Å². The monoisotopic (exact) mass is 254 g/mol. The Balaban J connectivity index is 2.86. The van der Waals surface area contributed by atoms with Gasteiger partial charge < -0.3 is 5.32 Å². The van der Waals surface area contributed by atoms with Crippen molar-refractivity contribution in [2.75, 3.05) is 11.9 Å². The van der Waals surface area contributed by atoms with Crippen LogP contribution in [0, 0.1) is 17.0 Å². The maximum atomic E-state index is 11.1. The lowest BCUT2D eigenvalue weighted by Gasteiger charge is -2.07. The number of nitrogens with one attached hydrogen (secondary N) is 1. The van der Waals surface area contributed by atoms with Crippen LogP contribution in [-0.2, 0) is 6.54 Å². The lowest BCUT2D eigenvalue weighted by molar-refractivity contribution is -0.384. The number of anilines is 1. The maximum Gasteiger partial charge on any atom is 0.333 e. The summed E-state index contributed by atoms with van der Waals surface area (Å²) in [5.74, 6) is 0.551. The van der Waals surface area contributed by atoms with Crippen LogP contribution in [0.15, 0.2) is 0 Å². The van der Waals surface area contributed by atoms with E-state index in [1.165, 1.54) is 0 Å². The highest BCUT2D eigenvalue weighted by Crippen LogP contribution is 2.28. The first kappa shape index (κ1) is 14.5. The number of aromatic nitrogens is 2. The molecule has 6 heteroatoms. The summed E-state index contributed by atoms with van der Waals surface area (Å²) < 4.78 is 1.71. The summed E-state index contributed by atoms with van der Waals surface area (Å²) in [6, 6.07) is 0. The van der Waals surface area contributed by atoms with Crippen molar-refractivity contribution in [3.8, 4) is 0 Å². The Morgan fingerprint density at radius 3 is 2.61 bits per heavy atom. The molecule has 0 saturated heterocycles. The number of aryl methyl sites for hydroxylation is 2. The Morgan fingerprint density at radius 1 is 1.33 bits per heavy atom. The molecule has 0 aliphatic rings. The molecular formula is C12H22N4O2. The summed E-state index contributed by atoms with van der Waals surface area (Å²) >= 11 is 0. The molecule has 102 valence electrons. The summed E-state index contributed by atoms with van der Waals surface area (Å²) in [6.07, 6.45) is 4.19. The van der Waals surface area contributed by atoms with Crippen LogP contribution in [0.1, 0.15) is 45.2 Å². The van der Waals surface area contributed by atoms with E-state index in [4.69, 9.17) is 0 Å². The van der Waals surface area contributed by atoms with Gasteiger partial charge in [0.25, 0.3) is 0 Å². The standard InChI is InChI=1S/C12H22N4O2/c1-4-6-7-8-13-12-11(16(17)18)10(3)14-15(12)9-5-2/h13H,4-9H2,1-3H3. The van der Waals surface area contributed by atoms with Crippen LogP contribution in [0.2, 0.25) is 0 Å². The molecule has 0 aromatic carbocycles. The van der Waals surface area contributed by atoms with Crippen molar-refractivity contribution in [2.24, 2.45) is 0 Å². The number of unbranched alkanes of at least 4 members (excludes halogenated alkanes) is 2. The smallest absolute Gasteiger partial charge is 0.333 e. The van der Waals surface area contributed by atoms with Gasteiger partial charge in [0, 0.05) is 13.1 Å². The summed E-state index contributed by atoms with van der Waals surface area (Å²) in [6.45, 7) is 7.30. The minimum atomic E-state index is -0.351. The molecule has 0 amide bonds. The maximum absolute atomic E-state index is 11.1. The van der Waals surface area contributed by atoms with Crippen molar-refractivity contribution in [2.45, 2.75) is 53.0 Å². The Labute approximate surface area is 108 Å². The predicted octanol–water partition coefficient (Wildman–Crippen LogP) is 3.11. The summed E-state index contributed by atoms with van der Waals surface area (Å²) in [5, 5.41) is 18.5. The van der Waals surface area contributed by atoms with E-state index in [1.807, 2.05) is 6.92 Å². The van der Waals surface area contributed by atoms with Crippen molar-refractivity contribution in [3.63, 3.8) is 0 Å². The lowest BCUT2D eigenvalue weighted by Crippen LogP contribution is -2.10. The van der Waals surface area contributed by atoms with E-state index < -0.39 is 0 Å². The van der Waals surface area contributed by atoms with Gasteiger partial charge in [0.1, 0.15) is 5.69 Å². The Morgan fingerprint density at radius 2 is 2.06 bits per heavy atom. The summed E-state index contributed by atoms with van der Waals surface area (Å²) in [7, 11) is 0. The highest BCUT2D eigenvalue weighted by Gasteiger charge is 2.24. The SMILES string of the molecule is CCCCCNc1c([N+](=O)[O-])c(C)nn1CCC. The molecule has 0 aliphatic heterocycles. The molecule has 1 N–H and O–H groups in total. The van der Waals surface area contributed by atoms with Crippen molar-refractivity contribution < 1.29 is 4.92 Å². The van der Waals surface area contributed by atoms with Crippen LogP contribution >= 0.6 is 0 Å². The van der Waals surface area contributed by atoms with E-state index in [0.717, 1.165) is 32.2 Å². The average molecular weight is 254 g/mol. The third-order valence-corrected chi connectivity index (χ3v) is 2.79. The number of hydrogen-bond acceptors (Lipinski definition) is 4. The molecule has 0 atom stereocenters. The van der Waals surface area contributed by atoms with Crippen molar-refractivity contribution in [1.82, 2.24) is 9.78 Å². The normalized spacial score (nSPS) is 10.6. The third kappa shape index (κ3) is 3.45. The number of nitro groups is 1. The van der Waals surface area contributed by atoms with Gasteiger partial charge >= 0.3 is 5.69 Å². The molecule has 0 unspecified atom stereocenters. The summed E-state index contributed by atoms with van der Waals surface area (Å²) in [5.41, 5.74) is 0.589. The van der Waals surface area contributed by atoms with Gasteiger partial charge in [0.2, 0.25) is 5.82 Å². The second-order valence-electron chi connectivity index (χ2n) is 4.40. The fourth-order valence-corrected chi connectivity index (χ4v) is 1.92. The number of nitrogens with zero attached hydrogens (tertiary/aromatic N) is 3. The van der Waals surface area contributed by atoms with Gasteiger partial charge in [-0.2, -0.15) is 5.10 Å². The third-order valence-electron chi connectivity index (χ3n) is 2.79. The quantitative estimate of drug-likeness (QED) is 0.439. The minimum absolute atomic E-state index is 0.111. The zero-order valence-electron chi connectivity index (χ0n) is 11.4. The highest BCUT2D eigenvalue weighted by molar-refractivity contribution is 5.59. The molecule has 1 aromatic heterocycles. The fourth-order valence-electron chi connectivity index (χ4n) is 1.92. The van der Waals surface area contributed by atoms with E-state index in [1.54, 1.807) is 11.6 Å². The topological polar surface area (TPSA) is 73.0 Å². The second kappa shape index (κ2) is 6.98. The van der Waals surface area contributed by atoms with Crippen molar-refractivity contribution in [1.29, 1.82) is 0 Å². The largest absolute Gasteiger partial charge is 0.365 e. The molecule has 0 aliphatic carbocycles. The van der Waals surface area contributed by atoms with Crippen LogP contribution in [0.5, 0.6) is 0 Å². The molecule has 0 bridgehead atoms. The number of rotatable bonds is 8. The van der Waals surface area contributed by atoms with Gasteiger partial charge in [0.05, 0.1) is 4.92 Å². The summed E-state index contributed by atoms with van der Waals surface area (Å²) in [4.78, 5) is 10.7. The molecule has 1 heterocycles. The molecule has 1 rings (SSSR count). The van der Waals surface area contributed by atoms with Gasteiger partial charge in [-0.3, -0.25) is 10.1 Å². The first-order chi connectivity index (χ1) is 8.61. The van der Waals surface area contributed by atoms with Crippen LogP contribution < -0.4 is 5.32 Å². The highest BCUT2D eigenvalue weighted by atomic mass is 16.6. The second-order valence-corrected chi connectivity index (χ2v) is 4.40. The van der Waals surface area contributed by atoms with E-state index in [0.29, 0.717) is 18.1 Å². The van der Waals surface area contributed by atoms with Gasteiger partial charge in [0.15, 0.2) is 0 Å². The van der Waals surface area contributed by atoms with Crippen LogP contribution in [0.3, 0.4) is 0 Å². The van der Waals surface area contributed by atoms with Gasteiger partial charge in [-0.25, -0.2) is 4.68 Å². The van der Waals surface area contributed by atoms with E-state index in [9.17, 15) is 10.1 Å². The molecule has 1 aromatic rings. The lowest BCUT2D eigenvalue weighted by atomic mass is 10.2. The predicted molar refractivity (Wildman–Crippen MR) is 71.9 cm³/mol. The Hall–Kier alpha value is -1.59. The zero-order valence-corrected chi connectivity index (χ0v) is 11.4.